The summed E-state index contributed by atoms with van der Waals surface area (Å²) in [6.45, 7) is 0.198. The first-order valence-electron chi connectivity index (χ1n) is 5.81. The minimum Gasteiger partial charge on any atom is -0.545 e. The molecule has 0 amide bonds. The number of carboxylic acids is 2. The number of carboxylic acid groups (broad SMARTS) is 2. The number of benzene rings is 2. The van der Waals surface area contributed by atoms with Crippen LogP contribution in [-0.2, 0) is 6.61 Å². The zero-order chi connectivity index (χ0) is 14.5. The van der Waals surface area contributed by atoms with Crippen LogP contribution >= 0.6 is 0 Å². The summed E-state index contributed by atoms with van der Waals surface area (Å²) >= 11 is 0. The number of ether oxygens (including phenoxy) is 1. The van der Waals surface area contributed by atoms with E-state index in [1.807, 2.05) is 30.3 Å². The van der Waals surface area contributed by atoms with E-state index in [4.69, 9.17) is 4.74 Å². The van der Waals surface area contributed by atoms with Crippen LogP contribution in [0.5, 0.6) is 5.75 Å². The van der Waals surface area contributed by atoms with Crippen LogP contribution < -0.4 is 74.1 Å². The Balaban J connectivity index is 0.00000220. The van der Waals surface area contributed by atoms with Crippen LogP contribution in [0, 0.1) is 0 Å². The molecule has 0 aliphatic rings. The molecule has 0 aliphatic carbocycles. The van der Waals surface area contributed by atoms with E-state index >= 15 is 0 Å². The van der Waals surface area contributed by atoms with Crippen molar-refractivity contribution in [1.29, 1.82) is 0 Å². The number of aromatic carboxylic acids is 2. The molecule has 0 radical (unpaired) electrons. The van der Waals surface area contributed by atoms with E-state index in [2.05, 4.69) is 0 Å². The van der Waals surface area contributed by atoms with E-state index in [0.29, 0.717) is 0 Å². The molecule has 0 atom stereocenters. The van der Waals surface area contributed by atoms with Crippen LogP contribution in [-0.4, -0.2) is 11.9 Å². The molecule has 0 saturated carbocycles. The summed E-state index contributed by atoms with van der Waals surface area (Å²) in [6, 6.07) is 12.6. The number of carbonyl (C=O) groups excluding carboxylic acids is 2. The SMILES string of the molecule is O=C([O-])c1cc(OCc2ccccc2)cc(C(=O)[O-])c1.[Na+].[Na+]. The average Bonchev–Trinajstić information content (AvgIpc) is 2.45. The van der Waals surface area contributed by atoms with Gasteiger partial charge in [-0.2, -0.15) is 0 Å². The van der Waals surface area contributed by atoms with Crippen molar-refractivity contribution in [3.63, 3.8) is 0 Å². The Hall–Kier alpha value is -0.820. The molecule has 0 aromatic heterocycles. The second kappa shape index (κ2) is 10.0. The first-order chi connectivity index (χ1) is 9.56. The Morgan fingerprint density at radius 3 is 1.82 bits per heavy atom. The van der Waals surface area contributed by atoms with Gasteiger partial charge in [0.2, 0.25) is 0 Å². The van der Waals surface area contributed by atoms with Crippen molar-refractivity contribution in [2.75, 3.05) is 0 Å². The fourth-order valence-corrected chi connectivity index (χ4v) is 1.66. The van der Waals surface area contributed by atoms with Gasteiger partial charge in [-0.15, -0.1) is 0 Å². The Labute approximate surface area is 171 Å². The van der Waals surface area contributed by atoms with Crippen LogP contribution in [0.4, 0.5) is 0 Å². The predicted octanol–water partition coefficient (Wildman–Crippen LogP) is -6.00. The summed E-state index contributed by atoms with van der Waals surface area (Å²) in [6.07, 6.45) is 0. The molecule has 2 aromatic carbocycles. The molecular weight excluding hydrogens is 306 g/mol. The van der Waals surface area contributed by atoms with Gasteiger partial charge in [-0.3, -0.25) is 0 Å². The van der Waals surface area contributed by atoms with Gasteiger partial charge in [0.1, 0.15) is 12.4 Å². The van der Waals surface area contributed by atoms with E-state index in [1.165, 1.54) is 12.1 Å². The van der Waals surface area contributed by atoms with Crippen LogP contribution in [0.1, 0.15) is 26.3 Å². The van der Waals surface area contributed by atoms with Crippen molar-refractivity contribution in [3.8, 4) is 5.75 Å². The molecule has 0 spiro atoms. The number of carbonyl (C=O) groups is 2. The van der Waals surface area contributed by atoms with E-state index in [-0.39, 0.29) is 82.6 Å². The van der Waals surface area contributed by atoms with E-state index < -0.39 is 11.9 Å². The van der Waals surface area contributed by atoms with Crippen LogP contribution in [0.15, 0.2) is 48.5 Å². The minimum atomic E-state index is -1.47. The first-order valence-corrected chi connectivity index (χ1v) is 5.81. The number of hydrogen-bond acceptors (Lipinski definition) is 5. The molecule has 2 rings (SSSR count). The fraction of sp³-hybridized carbons (Fsp3) is 0.0667. The third kappa shape index (κ3) is 6.12. The van der Waals surface area contributed by atoms with Gasteiger partial charge >= 0.3 is 59.1 Å². The van der Waals surface area contributed by atoms with Crippen LogP contribution in [0.2, 0.25) is 0 Å². The number of hydrogen-bond donors (Lipinski definition) is 0. The minimum absolute atomic E-state index is 0. The summed E-state index contributed by atoms with van der Waals surface area (Å²) in [7, 11) is 0. The fourth-order valence-electron chi connectivity index (χ4n) is 1.66. The molecule has 22 heavy (non-hydrogen) atoms. The molecule has 0 saturated heterocycles. The van der Waals surface area contributed by atoms with E-state index in [1.54, 1.807) is 0 Å². The molecule has 0 fully saturated rings. The molecule has 2 aromatic rings. The first kappa shape index (κ1) is 21.2. The maximum absolute atomic E-state index is 10.8. The quantitative estimate of drug-likeness (QED) is 0.512. The molecule has 5 nitrogen and oxygen atoms in total. The van der Waals surface area contributed by atoms with Gasteiger partial charge in [0.25, 0.3) is 0 Å². The van der Waals surface area contributed by atoms with Crippen molar-refractivity contribution in [3.05, 3.63) is 65.2 Å². The summed E-state index contributed by atoms with van der Waals surface area (Å²) in [5.41, 5.74) is 0.339. The van der Waals surface area contributed by atoms with Crippen molar-refractivity contribution >= 4 is 11.9 Å². The molecule has 0 N–H and O–H groups in total. The van der Waals surface area contributed by atoms with Crippen molar-refractivity contribution in [2.24, 2.45) is 0 Å². The Bertz CT molecular complexity index is 611. The third-order valence-corrected chi connectivity index (χ3v) is 2.63. The topological polar surface area (TPSA) is 89.5 Å². The van der Waals surface area contributed by atoms with Gasteiger partial charge < -0.3 is 24.5 Å². The van der Waals surface area contributed by atoms with Gasteiger partial charge in [-0.25, -0.2) is 0 Å². The van der Waals surface area contributed by atoms with E-state index in [9.17, 15) is 19.8 Å². The summed E-state index contributed by atoms with van der Waals surface area (Å²) in [4.78, 5) is 21.6. The van der Waals surface area contributed by atoms with Crippen molar-refractivity contribution in [2.45, 2.75) is 6.61 Å². The van der Waals surface area contributed by atoms with Crippen LogP contribution in [0.25, 0.3) is 0 Å². The third-order valence-electron chi connectivity index (χ3n) is 2.63. The van der Waals surface area contributed by atoms with Gasteiger partial charge in [0, 0.05) is 11.1 Å². The average molecular weight is 316 g/mol. The molecular formula is C15H10Na2O5. The van der Waals surface area contributed by atoms with Crippen molar-refractivity contribution < 1.29 is 83.7 Å². The Morgan fingerprint density at radius 1 is 0.864 bits per heavy atom. The molecule has 7 heteroatoms. The maximum atomic E-state index is 10.8. The number of rotatable bonds is 5. The standard InChI is InChI=1S/C15H12O5.2Na/c16-14(17)11-6-12(15(18)19)8-13(7-11)20-9-10-4-2-1-3-5-10;;/h1-8H,9H2,(H,16,17)(H,18,19);;/q;2*+1/p-2. The normalized spacial score (nSPS) is 9.09. The molecule has 0 heterocycles. The van der Waals surface area contributed by atoms with Gasteiger partial charge in [-0.05, 0) is 23.8 Å². The zero-order valence-corrected chi connectivity index (χ0v) is 16.4. The Morgan fingerprint density at radius 2 is 1.36 bits per heavy atom. The largest absolute Gasteiger partial charge is 1.00 e. The maximum Gasteiger partial charge on any atom is 1.00 e. The van der Waals surface area contributed by atoms with Crippen molar-refractivity contribution in [1.82, 2.24) is 0 Å². The Kier molecular flexibility index (Phi) is 9.67. The summed E-state index contributed by atoms with van der Waals surface area (Å²) in [5, 5.41) is 21.6. The van der Waals surface area contributed by atoms with Gasteiger partial charge in [0.05, 0.1) is 11.9 Å². The monoisotopic (exact) mass is 316 g/mol. The molecule has 0 unspecified atom stereocenters. The second-order valence-corrected chi connectivity index (χ2v) is 4.10. The molecule has 102 valence electrons. The molecule has 0 bridgehead atoms. The second-order valence-electron chi connectivity index (χ2n) is 4.10. The van der Waals surface area contributed by atoms with Crippen LogP contribution in [0.3, 0.4) is 0 Å². The molecule has 0 aliphatic heterocycles. The van der Waals surface area contributed by atoms with E-state index in [0.717, 1.165) is 11.6 Å². The smallest absolute Gasteiger partial charge is 0.545 e. The summed E-state index contributed by atoms with van der Waals surface area (Å²) in [5.74, 6) is -2.81. The van der Waals surface area contributed by atoms with Gasteiger partial charge in [-0.1, -0.05) is 30.3 Å². The van der Waals surface area contributed by atoms with Gasteiger partial charge in [0.15, 0.2) is 0 Å². The summed E-state index contributed by atoms with van der Waals surface area (Å²) < 4.78 is 5.39. The zero-order valence-electron chi connectivity index (χ0n) is 12.4. The predicted molar refractivity (Wildman–Crippen MR) is 65.9 cm³/mol.